The van der Waals surface area contributed by atoms with E-state index in [4.69, 9.17) is 12.2 Å². The standard InChI is InChI=1S/C15H14N2S/c1-10-4-3-5-12(8-10)17-14-9-11(2)6-7-13(14)16-15(17)18/h3-9H,1-2H3,(H,16,18). The molecule has 2 nitrogen and oxygen atoms in total. The van der Waals surface area contributed by atoms with Crippen LogP contribution in [0.15, 0.2) is 42.5 Å². The molecular formula is C15H14N2S. The summed E-state index contributed by atoms with van der Waals surface area (Å²) in [6.07, 6.45) is 0. The Morgan fingerprint density at radius 3 is 2.56 bits per heavy atom. The summed E-state index contributed by atoms with van der Waals surface area (Å²) < 4.78 is 2.83. The number of aromatic amines is 1. The second kappa shape index (κ2) is 4.10. The van der Waals surface area contributed by atoms with Gasteiger partial charge in [-0.2, -0.15) is 0 Å². The minimum absolute atomic E-state index is 0.737. The largest absolute Gasteiger partial charge is 0.330 e. The van der Waals surface area contributed by atoms with Crippen molar-refractivity contribution in [1.82, 2.24) is 9.55 Å². The van der Waals surface area contributed by atoms with Gasteiger partial charge in [-0.1, -0.05) is 18.2 Å². The molecule has 0 unspecified atom stereocenters. The second-order valence-corrected chi connectivity index (χ2v) is 5.01. The maximum atomic E-state index is 5.43. The van der Waals surface area contributed by atoms with E-state index in [1.165, 1.54) is 11.1 Å². The zero-order valence-corrected chi connectivity index (χ0v) is 11.2. The van der Waals surface area contributed by atoms with Crippen molar-refractivity contribution in [2.24, 2.45) is 0 Å². The van der Waals surface area contributed by atoms with E-state index in [0.29, 0.717) is 0 Å². The van der Waals surface area contributed by atoms with Crippen molar-refractivity contribution >= 4 is 23.3 Å². The highest BCUT2D eigenvalue weighted by atomic mass is 32.1. The molecule has 0 spiro atoms. The summed E-state index contributed by atoms with van der Waals surface area (Å²) in [4.78, 5) is 3.25. The van der Waals surface area contributed by atoms with Gasteiger partial charge in [0, 0.05) is 5.69 Å². The molecule has 0 aliphatic carbocycles. The molecule has 0 aliphatic rings. The van der Waals surface area contributed by atoms with Crippen LogP contribution in [0.3, 0.4) is 0 Å². The Labute approximate surface area is 111 Å². The van der Waals surface area contributed by atoms with E-state index >= 15 is 0 Å². The number of aromatic nitrogens is 2. The maximum absolute atomic E-state index is 5.43. The number of fused-ring (bicyclic) bond motifs is 1. The quantitative estimate of drug-likeness (QED) is 0.642. The molecule has 0 amide bonds. The summed E-state index contributed by atoms with van der Waals surface area (Å²) in [6, 6.07) is 14.7. The predicted octanol–water partition coefficient (Wildman–Crippen LogP) is 4.30. The highest BCUT2D eigenvalue weighted by molar-refractivity contribution is 7.71. The van der Waals surface area contributed by atoms with Crippen molar-refractivity contribution in [2.45, 2.75) is 13.8 Å². The molecule has 0 aliphatic heterocycles. The smallest absolute Gasteiger partial charge is 0.182 e. The molecular weight excluding hydrogens is 240 g/mol. The van der Waals surface area contributed by atoms with Gasteiger partial charge in [0.15, 0.2) is 4.77 Å². The maximum Gasteiger partial charge on any atom is 0.182 e. The summed E-state index contributed by atoms with van der Waals surface area (Å²) in [5.41, 5.74) is 5.78. The molecule has 0 saturated heterocycles. The number of benzene rings is 2. The Hall–Kier alpha value is -1.87. The molecule has 1 aromatic heterocycles. The zero-order chi connectivity index (χ0) is 12.7. The number of nitrogens with one attached hydrogen (secondary N) is 1. The molecule has 3 rings (SSSR count). The fourth-order valence-corrected chi connectivity index (χ4v) is 2.55. The lowest BCUT2D eigenvalue weighted by Crippen LogP contribution is -1.94. The van der Waals surface area contributed by atoms with Gasteiger partial charge in [-0.3, -0.25) is 4.57 Å². The summed E-state index contributed by atoms with van der Waals surface area (Å²) in [7, 11) is 0. The Morgan fingerprint density at radius 2 is 1.78 bits per heavy atom. The van der Waals surface area contributed by atoms with Gasteiger partial charge in [0.2, 0.25) is 0 Å². The highest BCUT2D eigenvalue weighted by Gasteiger charge is 2.06. The van der Waals surface area contributed by atoms with Crippen molar-refractivity contribution < 1.29 is 0 Å². The van der Waals surface area contributed by atoms with E-state index in [0.717, 1.165) is 21.5 Å². The minimum Gasteiger partial charge on any atom is -0.330 e. The molecule has 0 radical (unpaired) electrons. The van der Waals surface area contributed by atoms with Crippen LogP contribution in [0.5, 0.6) is 0 Å². The van der Waals surface area contributed by atoms with E-state index in [1.807, 2.05) is 0 Å². The van der Waals surface area contributed by atoms with E-state index in [1.54, 1.807) is 0 Å². The molecule has 0 atom stereocenters. The predicted molar refractivity (Wildman–Crippen MR) is 77.9 cm³/mol. The fraction of sp³-hybridized carbons (Fsp3) is 0.133. The van der Waals surface area contributed by atoms with Crippen LogP contribution in [-0.4, -0.2) is 9.55 Å². The van der Waals surface area contributed by atoms with Crippen molar-refractivity contribution in [2.75, 3.05) is 0 Å². The van der Waals surface area contributed by atoms with Crippen LogP contribution >= 0.6 is 12.2 Å². The Morgan fingerprint density at radius 1 is 1.00 bits per heavy atom. The lowest BCUT2D eigenvalue weighted by molar-refractivity contribution is 1.06. The normalized spacial score (nSPS) is 11.0. The average Bonchev–Trinajstić information content (AvgIpc) is 2.64. The Bertz CT molecular complexity index is 781. The number of rotatable bonds is 1. The first-order valence-electron chi connectivity index (χ1n) is 5.93. The molecule has 1 heterocycles. The van der Waals surface area contributed by atoms with E-state index in [-0.39, 0.29) is 0 Å². The van der Waals surface area contributed by atoms with Gasteiger partial charge < -0.3 is 4.98 Å². The highest BCUT2D eigenvalue weighted by Crippen LogP contribution is 2.21. The van der Waals surface area contributed by atoms with Crippen molar-refractivity contribution in [3.05, 3.63) is 58.4 Å². The van der Waals surface area contributed by atoms with Crippen LogP contribution in [0.2, 0.25) is 0 Å². The number of aryl methyl sites for hydroxylation is 2. The lowest BCUT2D eigenvalue weighted by atomic mass is 10.2. The monoisotopic (exact) mass is 254 g/mol. The van der Waals surface area contributed by atoms with E-state index in [2.05, 4.69) is 65.9 Å². The van der Waals surface area contributed by atoms with Crippen molar-refractivity contribution in [1.29, 1.82) is 0 Å². The van der Waals surface area contributed by atoms with Gasteiger partial charge in [-0.25, -0.2) is 0 Å². The SMILES string of the molecule is Cc1cccc(-n2c(=S)[nH]c3ccc(C)cc32)c1. The zero-order valence-electron chi connectivity index (χ0n) is 10.4. The van der Waals surface area contributed by atoms with Crippen LogP contribution in [0.1, 0.15) is 11.1 Å². The lowest BCUT2D eigenvalue weighted by Gasteiger charge is -2.05. The van der Waals surface area contributed by atoms with Crippen molar-refractivity contribution in [3.8, 4) is 5.69 Å². The molecule has 2 aromatic carbocycles. The summed E-state index contributed by atoms with van der Waals surface area (Å²) in [6.45, 7) is 4.18. The summed E-state index contributed by atoms with van der Waals surface area (Å²) in [5, 5.41) is 0. The van der Waals surface area contributed by atoms with Crippen LogP contribution in [0, 0.1) is 18.6 Å². The molecule has 0 bridgehead atoms. The molecule has 1 N–H and O–H groups in total. The van der Waals surface area contributed by atoms with Gasteiger partial charge in [-0.15, -0.1) is 0 Å². The fourth-order valence-electron chi connectivity index (χ4n) is 2.24. The number of imidazole rings is 1. The van der Waals surface area contributed by atoms with Crippen LogP contribution < -0.4 is 0 Å². The topological polar surface area (TPSA) is 20.7 Å². The van der Waals surface area contributed by atoms with Gasteiger partial charge >= 0.3 is 0 Å². The van der Waals surface area contributed by atoms with Gasteiger partial charge in [0.1, 0.15) is 0 Å². The molecule has 90 valence electrons. The van der Waals surface area contributed by atoms with Gasteiger partial charge in [0.05, 0.1) is 11.0 Å². The first-order chi connectivity index (χ1) is 8.65. The molecule has 0 saturated carbocycles. The summed E-state index contributed by atoms with van der Waals surface area (Å²) >= 11 is 5.43. The van der Waals surface area contributed by atoms with Crippen LogP contribution in [0.25, 0.3) is 16.7 Å². The number of H-pyrrole nitrogens is 1. The third-order valence-corrected chi connectivity index (χ3v) is 3.38. The Balaban J connectivity index is 2.38. The third kappa shape index (κ3) is 1.77. The first-order valence-corrected chi connectivity index (χ1v) is 6.34. The molecule has 18 heavy (non-hydrogen) atoms. The number of hydrogen-bond donors (Lipinski definition) is 1. The second-order valence-electron chi connectivity index (χ2n) is 4.63. The summed E-state index contributed by atoms with van der Waals surface area (Å²) in [5.74, 6) is 0. The minimum atomic E-state index is 0.737. The van der Waals surface area contributed by atoms with Crippen LogP contribution in [0.4, 0.5) is 0 Å². The number of hydrogen-bond acceptors (Lipinski definition) is 1. The van der Waals surface area contributed by atoms with Gasteiger partial charge in [0.25, 0.3) is 0 Å². The Kier molecular flexibility index (Phi) is 2.56. The number of nitrogens with zero attached hydrogens (tertiary/aromatic N) is 1. The first kappa shape index (κ1) is 11.2. The third-order valence-electron chi connectivity index (χ3n) is 3.10. The van der Waals surface area contributed by atoms with E-state index < -0.39 is 0 Å². The van der Waals surface area contributed by atoms with Crippen molar-refractivity contribution in [3.63, 3.8) is 0 Å². The average molecular weight is 254 g/mol. The molecule has 0 fully saturated rings. The molecule has 3 heteroatoms. The van der Waals surface area contributed by atoms with Crippen LogP contribution in [-0.2, 0) is 0 Å². The van der Waals surface area contributed by atoms with E-state index in [9.17, 15) is 0 Å². The van der Waals surface area contributed by atoms with Gasteiger partial charge in [-0.05, 0) is 61.5 Å². The molecule has 3 aromatic rings.